The Balaban J connectivity index is 1.45. The van der Waals surface area contributed by atoms with Gasteiger partial charge in [0, 0.05) is 23.3 Å². The molecule has 0 aromatic heterocycles. The molecule has 8 heteroatoms. The molecule has 0 N–H and O–H groups in total. The average Bonchev–Trinajstić information content (AvgIpc) is 2.84. The molecule has 0 saturated heterocycles. The highest BCUT2D eigenvalue weighted by Crippen LogP contribution is 2.31. The van der Waals surface area contributed by atoms with Gasteiger partial charge in [-0.3, -0.25) is 19.7 Å². The first-order valence-corrected chi connectivity index (χ1v) is 10.0. The second-order valence-corrected chi connectivity index (χ2v) is 7.24. The van der Waals surface area contributed by atoms with Crippen LogP contribution >= 0.6 is 0 Å². The first kappa shape index (κ1) is 21.8. The van der Waals surface area contributed by atoms with Crippen molar-refractivity contribution in [3.63, 3.8) is 0 Å². The van der Waals surface area contributed by atoms with Crippen LogP contribution in [0.3, 0.4) is 0 Å². The SMILES string of the molecule is COc1ccc2c(c1)C(=O)/C(=C/c1cccc(OCC(=O)c3ccc([N+](=O)[O-])cc3)c1)CO2. The molecule has 8 nitrogen and oxygen atoms in total. The van der Waals surface area contributed by atoms with Gasteiger partial charge in [0.1, 0.15) is 23.9 Å². The van der Waals surface area contributed by atoms with E-state index in [0.717, 1.165) is 0 Å². The summed E-state index contributed by atoms with van der Waals surface area (Å²) in [6.07, 6.45) is 1.72. The Morgan fingerprint density at radius 3 is 2.61 bits per heavy atom. The monoisotopic (exact) mass is 445 g/mol. The minimum absolute atomic E-state index is 0.0875. The van der Waals surface area contributed by atoms with Gasteiger partial charge in [-0.2, -0.15) is 0 Å². The van der Waals surface area contributed by atoms with Crippen LogP contribution in [0.2, 0.25) is 0 Å². The van der Waals surface area contributed by atoms with Crippen LogP contribution in [-0.4, -0.2) is 36.8 Å². The van der Waals surface area contributed by atoms with Crippen molar-refractivity contribution in [3.8, 4) is 17.2 Å². The smallest absolute Gasteiger partial charge is 0.269 e. The fourth-order valence-electron chi connectivity index (χ4n) is 3.34. The van der Waals surface area contributed by atoms with Gasteiger partial charge in [-0.1, -0.05) is 12.1 Å². The number of nitro groups is 1. The van der Waals surface area contributed by atoms with Crippen molar-refractivity contribution in [1.82, 2.24) is 0 Å². The molecular formula is C25H19NO7. The molecule has 0 atom stereocenters. The van der Waals surface area contributed by atoms with Crippen LogP contribution in [0.5, 0.6) is 17.2 Å². The largest absolute Gasteiger partial charge is 0.497 e. The first-order valence-electron chi connectivity index (χ1n) is 10.0. The maximum atomic E-state index is 12.9. The summed E-state index contributed by atoms with van der Waals surface area (Å²) in [4.78, 5) is 35.4. The van der Waals surface area contributed by atoms with E-state index in [0.29, 0.717) is 39.5 Å². The zero-order valence-corrected chi connectivity index (χ0v) is 17.6. The number of carbonyl (C=O) groups excluding carboxylic acids is 2. The number of non-ortho nitro benzene ring substituents is 1. The number of fused-ring (bicyclic) bond motifs is 1. The van der Waals surface area contributed by atoms with Gasteiger partial charge >= 0.3 is 0 Å². The number of carbonyl (C=O) groups is 2. The van der Waals surface area contributed by atoms with E-state index < -0.39 is 4.92 Å². The minimum atomic E-state index is -0.526. The lowest BCUT2D eigenvalue weighted by Gasteiger charge is -2.19. The lowest BCUT2D eigenvalue weighted by Crippen LogP contribution is -2.19. The van der Waals surface area contributed by atoms with E-state index in [-0.39, 0.29) is 30.5 Å². The fourth-order valence-corrected chi connectivity index (χ4v) is 3.34. The number of ketones is 2. The predicted molar refractivity (Wildman–Crippen MR) is 120 cm³/mol. The number of rotatable bonds is 7. The van der Waals surface area contributed by atoms with Gasteiger partial charge in [0.2, 0.25) is 0 Å². The zero-order valence-electron chi connectivity index (χ0n) is 17.6. The Bertz CT molecular complexity index is 1260. The topological polar surface area (TPSA) is 105 Å². The first-order chi connectivity index (χ1) is 15.9. The summed E-state index contributed by atoms with van der Waals surface area (Å²) >= 11 is 0. The van der Waals surface area contributed by atoms with Crippen molar-refractivity contribution in [2.24, 2.45) is 0 Å². The van der Waals surface area contributed by atoms with E-state index in [2.05, 4.69) is 0 Å². The van der Waals surface area contributed by atoms with Crippen LogP contribution in [0.25, 0.3) is 6.08 Å². The Labute approximate surface area is 189 Å². The molecule has 1 aliphatic rings. The molecule has 0 aliphatic carbocycles. The minimum Gasteiger partial charge on any atom is -0.497 e. The van der Waals surface area contributed by atoms with E-state index in [4.69, 9.17) is 14.2 Å². The summed E-state index contributed by atoms with van der Waals surface area (Å²) in [7, 11) is 1.53. The van der Waals surface area contributed by atoms with Crippen LogP contribution in [0.1, 0.15) is 26.3 Å². The molecule has 0 amide bonds. The van der Waals surface area contributed by atoms with E-state index in [9.17, 15) is 19.7 Å². The van der Waals surface area contributed by atoms with Gasteiger partial charge in [0.25, 0.3) is 5.69 Å². The Morgan fingerprint density at radius 1 is 1.09 bits per heavy atom. The highest BCUT2D eigenvalue weighted by Gasteiger charge is 2.24. The fraction of sp³-hybridized carbons (Fsp3) is 0.120. The van der Waals surface area contributed by atoms with Gasteiger partial charge in [-0.15, -0.1) is 0 Å². The van der Waals surface area contributed by atoms with Crippen LogP contribution in [-0.2, 0) is 0 Å². The van der Waals surface area contributed by atoms with Crippen molar-refractivity contribution >= 4 is 23.3 Å². The van der Waals surface area contributed by atoms with Gasteiger partial charge in [0.15, 0.2) is 18.2 Å². The molecule has 0 spiro atoms. The highest BCUT2D eigenvalue weighted by molar-refractivity contribution is 6.14. The zero-order chi connectivity index (χ0) is 23.4. The molecule has 33 heavy (non-hydrogen) atoms. The van der Waals surface area contributed by atoms with Crippen molar-refractivity contribution < 1.29 is 28.7 Å². The molecule has 0 bridgehead atoms. The lowest BCUT2D eigenvalue weighted by molar-refractivity contribution is -0.384. The van der Waals surface area contributed by atoms with Gasteiger partial charge < -0.3 is 14.2 Å². The Hall–Kier alpha value is -4.46. The van der Waals surface area contributed by atoms with Crippen LogP contribution in [0, 0.1) is 10.1 Å². The summed E-state index contributed by atoms with van der Waals surface area (Å²) in [5, 5.41) is 10.7. The quantitative estimate of drug-likeness (QED) is 0.228. The van der Waals surface area contributed by atoms with E-state index >= 15 is 0 Å². The molecule has 1 heterocycles. The van der Waals surface area contributed by atoms with Gasteiger partial charge in [-0.25, -0.2) is 0 Å². The van der Waals surface area contributed by atoms with Crippen LogP contribution in [0.4, 0.5) is 5.69 Å². The van der Waals surface area contributed by atoms with Crippen molar-refractivity contribution in [3.05, 3.63) is 99.1 Å². The summed E-state index contributed by atoms with van der Waals surface area (Å²) in [5.74, 6) is 1.08. The third kappa shape index (κ3) is 4.90. The second-order valence-electron chi connectivity index (χ2n) is 7.24. The number of benzene rings is 3. The van der Waals surface area contributed by atoms with Crippen LogP contribution < -0.4 is 14.2 Å². The maximum Gasteiger partial charge on any atom is 0.269 e. The Kier molecular flexibility index (Phi) is 6.17. The predicted octanol–water partition coefficient (Wildman–Crippen LogP) is 4.52. The van der Waals surface area contributed by atoms with Crippen molar-refractivity contribution in [2.75, 3.05) is 20.3 Å². The molecule has 3 aromatic carbocycles. The normalized spacial score (nSPS) is 13.7. The third-order valence-electron chi connectivity index (χ3n) is 5.08. The van der Waals surface area contributed by atoms with Gasteiger partial charge in [0.05, 0.1) is 17.6 Å². The van der Waals surface area contributed by atoms with E-state index in [1.54, 1.807) is 42.5 Å². The molecular weight excluding hydrogens is 426 g/mol. The molecule has 0 unspecified atom stereocenters. The summed E-state index contributed by atoms with van der Waals surface area (Å²) in [6, 6.07) is 17.4. The Morgan fingerprint density at radius 2 is 1.88 bits per heavy atom. The molecule has 3 aromatic rings. The second kappa shape index (κ2) is 9.35. The number of ether oxygens (including phenoxy) is 3. The standard InChI is InChI=1S/C25H19NO7/c1-31-20-9-10-24-22(13-20)25(28)18(14-33-24)11-16-3-2-4-21(12-16)32-15-23(27)17-5-7-19(8-6-17)26(29)30/h2-13H,14-15H2,1H3/b18-11+. The van der Waals surface area contributed by atoms with E-state index in [1.807, 2.05) is 6.07 Å². The molecule has 0 saturated carbocycles. The highest BCUT2D eigenvalue weighted by atomic mass is 16.6. The number of hydrogen-bond acceptors (Lipinski definition) is 7. The average molecular weight is 445 g/mol. The number of methoxy groups -OCH3 is 1. The van der Waals surface area contributed by atoms with Crippen LogP contribution in [0.15, 0.2) is 72.3 Å². The number of hydrogen-bond donors (Lipinski definition) is 0. The lowest BCUT2D eigenvalue weighted by atomic mass is 9.98. The molecule has 0 fully saturated rings. The number of Topliss-reactive ketones (excluding diaryl/α,β-unsaturated/α-hetero) is 2. The van der Waals surface area contributed by atoms with E-state index in [1.165, 1.54) is 31.4 Å². The van der Waals surface area contributed by atoms with Crippen molar-refractivity contribution in [2.45, 2.75) is 0 Å². The number of nitro benzene ring substituents is 1. The van der Waals surface area contributed by atoms with Gasteiger partial charge in [-0.05, 0) is 54.1 Å². The third-order valence-corrected chi connectivity index (χ3v) is 5.08. The molecule has 166 valence electrons. The van der Waals surface area contributed by atoms with Crippen molar-refractivity contribution in [1.29, 1.82) is 0 Å². The molecule has 4 rings (SSSR count). The number of nitrogens with zero attached hydrogens (tertiary/aromatic N) is 1. The molecule has 1 aliphatic heterocycles. The molecule has 0 radical (unpaired) electrons. The summed E-state index contributed by atoms with van der Waals surface area (Å²) in [5.41, 5.74) is 1.87. The summed E-state index contributed by atoms with van der Waals surface area (Å²) < 4.78 is 16.5. The maximum absolute atomic E-state index is 12.9. The summed E-state index contributed by atoms with van der Waals surface area (Å²) in [6.45, 7) is -0.0884.